The van der Waals surface area contributed by atoms with Gasteiger partial charge in [-0.1, -0.05) is 0 Å². The molecule has 5 nitrogen and oxygen atoms in total. The Morgan fingerprint density at radius 2 is 1.91 bits per heavy atom. The number of nitrogens with zero attached hydrogens (tertiary/aromatic N) is 2. The molecule has 0 fully saturated rings. The van der Waals surface area contributed by atoms with Crippen LogP contribution in [0.25, 0.3) is 0 Å². The number of sulfonamides is 1. The van der Waals surface area contributed by atoms with Crippen molar-refractivity contribution in [1.82, 2.24) is 5.01 Å². The minimum Gasteiger partial charge on any atom is -0.215 e. The van der Waals surface area contributed by atoms with Gasteiger partial charge in [0.25, 0.3) is 10.0 Å². The molecule has 1 atom stereocenters. The number of quaternary nitrogens is 1. The van der Waals surface area contributed by atoms with E-state index in [1.54, 1.807) is 12.1 Å². The highest BCUT2D eigenvalue weighted by molar-refractivity contribution is 7.89. The second-order valence-electron chi connectivity index (χ2n) is 2.50. The highest BCUT2D eigenvalue weighted by Crippen LogP contribution is 1.77. The molecule has 66 valence electrons. The molecule has 1 N–H and O–H groups in total. The van der Waals surface area contributed by atoms with Crippen LogP contribution in [0.5, 0.6) is 0 Å². The van der Waals surface area contributed by atoms with Gasteiger partial charge in [-0.2, -0.15) is 5.01 Å². The lowest BCUT2D eigenvalue weighted by molar-refractivity contribution is -0.902. The average molecular weight is 180 g/mol. The highest BCUT2D eigenvalue weighted by Gasteiger charge is 2.01. The van der Waals surface area contributed by atoms with Gasteiger partial charge in [0.1, 0.15) is 0 Å². The van der Waals surface area contributed by atoms with Crippen molar-refractivity contribution in [1.29, 1.82) is 0 Å². The summed E-state index contributed by atoms with van der Waals surface area (Å²) in [6.45, 7) is 0. The molecule has 0 spiro atoms. The molecule has 0 aromatic heterocycles. The van der Waals surface area contributed by atoms with Gasteiger partial charge in [0.15, 0.2) is 0 Å². The fourth-order valence-corrected chi connectivity index (χ4v) is 0.632. The predicted octanol–water partition coefficient (Wildman–Crippen LogP) is -2.03. The molecule has 0 aliphatic heterocycles. The van der Waals surface area contributed by atoms with Crippen molar-refractivity contribution >= 4 is 16.4 Å². The van der Waals surface area contributed by atoms with Crippen LogP contribution in [0, 0.1) is 0 Å². The number of hydrogen-bond acceptors (Lipinski definition) is 3. The number of rotatable bonds is 3. The molecule has 11 heavy (non-hydrogen) atoms. The van der Waals surface area contributed by atoms with Gasteiger partial charge >= 0.3 is 0 Å². The monoisotopic (exact) mass is 180 g/mol. The molecule has 0 aliphatic rings. The Labute approximate surface area is 67.3 Å². The fraction of sp³-hybridized carbons (Fsp3) is 0.800. The molecule has 0 bridgehead atoms. The van der Waals surface area contributed by atoms with E-state index in [4.69, 9.17) is 0 Å². The number of hydrogen-bond donors (Lipinski definition) is 1. The van der Waals surface area contributed by atoms with E-state index in [-0.39, 0.29) is 0 Å². The molecule has 0 aliphatic carbocycles. The predicted molar refractivity (Wildman–Crippen MR) is 43.9 cm³/mol. The first-order valence-corrected chi connectivity index (χ1v) is 4.94. The summed E-state index contributed by atoms with van der Waals surface area (Å²) in [5.41, 5.74) is 0. The molecular weight excluding hydrogens is 166 g/mol. The standard InChI is InChI=1S/C5H13N3O2S/c1-7(2)8(3)5-6-11(4,9)10/h5H,1-4H3/p+1/b6-5+. The number of nitrogens with one attached hydrogen (secondary N) is 1. The highest BCUT2D eigenvalue weighted by atomic mass is 32.2. The molecule has 0 heterocycles. The minimum atomic E-state index is -3.23. The van der Waals surface area contributed by atoms with Gasteiger partial charge in [0.2, 0.25) is 6.34 Å². The first-order chi connectivity index (χ1) is 4.83. The van der Waals surface area contributed by atoms with E-state index >= 15 is 0 Å². The molecule has 0 saturated carbocycles. The molecule has 0 radical (unpaired) electrons. The first kappa shape index (κ1) is 10.5. The lowest BCUT2D eigenvalue weighted by Crippen LogP contribution is -3.13. The molecule has 0 rings (SSSR count). The van der Waals surface area contributed by atoms with Gasteiger partial charge in [-0.25, -0.2) is 13.4 Å². The normalized spacial score (nSPS) is 16.1. The lowest BCUT2D eigenvalue weighted by atomic mass is 11.0. The Balaban J connectivity index is 4.15. The average Bonchev–Trinajstić information content (AvgIpc) is 1.80. The summed E-state index contributed by atoms with van der Waals surface area (Å²) in [6, 6.07) is 0. The van der Waals surface area contributed by atoms with Crippen LogP contribution < -0.4 is 5.01 Å². The molecule has 0 aromatic carbocycles. The van der Waals surface area contributed by atoms with E-state index in [0.717, 1.165) is 11.3 Å². The molecule has 1 unspecified atom stereocenters. The summed E-state index contributed by atoms with van der Waals surface area (Å²) in [7, 11) is 2.20. The molecular formula is C5H14N3O2S+. The van der Waals surface area contributed by atoms with Gasteiger partial charge in [0.05, 0.1) is 13.3 Å². The quantitative estimate of drug-likeness (QED) is 0.309. The third kappa shape index (κ3) is 5.96. The van der Waals surface area contributed by atoms with E-state index in [9.17, 15) is 8.42 Å². The smallest absolute Gasteiger partial charge is 0.215 e. The van der Waals surface area contributed by atoms with Gasteiger partial charge < -0.3 is 0 Å². The molecule has 6 heteroatoms. The van der Waals surface area contributed by atoms with Crippen LogP contribution in [0.4, 0.5) is 0 Å². The SMILES string of the molecule is CN(C)[NH+](C)/C=N/S(C)(=O)=O. The van der Waals surface area contributed by atoms with Crippen molar-refractivity contribution in [2.24, 2.45) is 4.40 Å². The summed E-state index contributed by atoms with van der Waals surface area (Å²) in [4.78, 5) is 0. The van der Waals surface area contributed by atoms with E-state index in [1.807, 2.05) is 14.1 Å². The Morgan fingerprint density at radius 1 is 1.45 bits per heavy atom. The first-order valence-electron chi connectivity index (χ1n) is 3.09. The Morgan fingerprint density at radius 3 is 2.18 bits per heavy atom. The zero-order chi connectivity index (χ0) is 9.07. The summed E-state index contributed by atoms with van der Waals surface area (Å²) in [5.74, 6) is 0. The largest absolute Gasteiger partial charge is 0.254 e. The summed E-state index contributed by atoms with van der Waals surface area (Å²) >= 11 is 0. The van der Waals surface area contributed by atoms with Crippen molar-refractivity contribution in [2.75, 3.05) is 27.4 Å². The third-order valence-corrected chi connectivity index (χ3v) is 1.62. The zero-order valence-electron chi connectivity index (χ0n) is 7.20. The summed E-state index contributed by atoms with van der Waals surface area (Å²) in [5, 5.41) is 2.59. The minimum absolute atomic E-state index is 0.801. The third-order valence-electron chi connectivity index (χ3n) is 1.14. The van der Waals surface area contributed by atoms with Crippen molar-refractivity contribution in [3.8, 4) is 0 Å². The second-order valence-corrected chi connectivity index (χ2v) is 4.18. The van der Waals surface area contributed by atoms with Gasteiger partial charge in [-0.05, 0) is 0 Å². The summed E-state index contributed by atoms with van der Waals surface area (Å²) < 4.78 is 24.4. The Kier molecular flexibility index (Phi) is 3.64. The Bertz CT molecular complexity index is 232. The maximum atomic E-state index is 10.5. The van der Waals surface area contributed by atoms with Crippen molar-refractivity contribution in [3.63, 3.8) is 0 Å². The van der Waals surface area contributed by atoms with Gasteiger partial charge in [-0.15, -0.1) is 4.40 Å². The molecule has 0 saturated heterocycles. The zero-order valence-corrected chi connectivity index (χ0v) is 8.01. The topological polar surface area (TPSA) is 54.2 Å². The van der Waals surface area contributed by atoms with E-state index < -0.39 is 10.0 Å². The van der Waals surface area contributed by atoms with Crippen molar-refractivity contribution < 1.29 is 13.4 Å². The maximum absolute atomic E-state index is 10.5. The van der Waals surface area contributed by atoms with Crippen molar-refractivity contribution in [2.45, 2.75) is 0 Å². The van der Waals surface area contributed by atoms with E-state index in [1.165, 1.54) is 6.34 Å². The van der Waals surface area contributed by atoms with Gasteiger partial charge in [0, 0.05) is 14.1 Å². The molecule has 0 aromatic rings. The van der Waals surface area contributed by atoms with Crippen LogP contribution >= 0.6 is 0 Å². The van der Waals surface area contributed by atoms with Crippen LogP contribution in [-0.4, -0.2) is 47.2 Å². The van der Waals surface area contributed by atoms with Crippen molar-refractivity contribution in [3.05, 3.63) is 0 Å². The summed E-state index contributed by atoms with van der Waals surface area (Å²) in [6.07, 6.45) is 2.39. The fourth-order valence-electron chi connectivity index (χ4n) is 0.287. The Hall–Kier alpha value is -0.460. The van der Waals surface area contributed by atoms with E-state index in [0.29, 0.717) is 0 Å². The van der Waals surface area contributed by atoms with Crippen LogP contribution in [-0.2, 0) is 10.0 Å². The lowest BCUT2D eigenvalue weighted by Gasteiger charge is -2.13. The van der Waals surface area contributed by atoms with E-state index in [2.05, 4.69) is 4.40 Å². The molecule has 0 amide bonds. The van der Waals surface area contributed by atoms with Crippen LogP contribution in [0.15, 0.2) is 4.40 Å². The maximum Gasteiger partial charge on any atom is 0.254 e. The van der Waals surface area contributed by atoms with Crippen LogP contribution in [0.1, 0.15) is 0 Å². The van der Waals surface area contributed by atoms with Crippen LogP contribution in [0.2, 0.25) is 0 Å². The van der Waals surface area contributed by atoms with Gasteiger partial charge in [-0.3, -0.25) is 0 Å². The van der Waals surface area contributed by atoms with Crippen LogP contribution in [0.3, 0.4) is 0 Å². The second kappa shape index (κ2) is 3.80.